The van der Waals surface area contributed by atoms with E-state index < -0.39 is 5.97 Å². The summed E-state index contributed by atoms with van der Waals surface area (Å²) in [5.74, 6) is 0.776. The average Bonchev–Trinajstić information content (AvgIpc) is 3.61. The van der Waals surface area contributed by atoms with Crippen LogP contribution in [0.25, 0.3) is 5.82 Å². The fourth-order valence-corrected chi connectivity index (χ4v) is 5.09. The van der Waals surface area contributed by atoms with E-state index in [0.29, 0.717) is 29.1 Å². The monoisotopic (exact) mass is 389 g/mol. The lowest BCUT2D eigenvalue weighted by atomic mass is 10.2. The molecule has 0 aliphatic heterocycles. The van der Waals surface area contributed by atoms with E-state index in [9.17, 15) is 4.79 Å². The summed E-state index contributed by atoms with van der Waals surface area (Å²) in [5.41, 5.74) is 1.39. The zero-order valence-electron chi connectivity index (χ0n) is 15.6. The lowest BCUT2D eigenvalue weighted by Crippen LogP contribution is -2.05. The van der Waals surface area contributed by atoms with Crippen molar-refractivity contribution in [2.45, 2.75) is 46.0 Å². The van der Waals surface area contributed by atoms with Gasteiger partial charge >= 0.3 is 5.97 Å². The molecule has 3 saturated carbocycles. The van der Waals surface area contributed by atoms with Crippen LogP contribution >= 0.6 is 11.6 Å². The third-order valence-corrected chi connectivity index (χ3v) is 6.63. The molecular formula is C20H24ClN3O3. The van der Waals surface area contributed by atoms with Gasteiger partial charge in [-0.1, -0.05) is 25.4 Å². The first-order valence-corrected chi connectivity index (χ1v) is 10.0. The first kappa shape index (κ1) is 18.3. The van der Waals surface area contributed by atoms with Crippen LogP contribution in [0.2, 0.25) is 5.15 Å². The molecule has 3 aliphatic rings. The molecular weight excluding hydrogens is 366 g/mol. The molecule has 2 heterocycles. The first-order valence-electron chi connectivity index (χ1n) is 9.64. The Kier molecular flexibility index (Phi) is 4.41. The normalized spacial score (nSPS) is 20.1. The molecule has 0 radical (unpaired) electrons. The van der Waals surface area contributed by atoms with Gasteiger partial charge in [0.1, 0.15) is 5.15 Å². The molecule has 144 valence electrons. The number of fused-ring (bicyclic) bond motifs is 1. The van der Waals surface area contributed by atoms with Crippen molar-refractivity contribution in [1.82, 2.24) is 14.8 Å². The Labute approximate surface area is 163 Å². The third kappa shape index (κ3) is 2.90. The Hall–Kier alpha value is -2.08. The Morgan fingerprint density at radius 2 is 1.93 bits per heavy atom. The van der Waals surface area contributed by atoms with E-state index in [4.69, 9.17) is 21.4 Å². The second-order valence-corrected chi connectivity index (χ2v) is 7.77. The standard InChI is InChI=1S/C18H18ClN3O3.C2H6/c19-15-11(16(23)24)1-2-13(20-15)22-9-3-14(21-22)25-10-4-12-17(5-6-17)18(12)7-8-18;1-2/h1-3,9,12H,4-8,10H2,(H,23,24);1-2H3. The van der Waals surface area contributed by atoms with Gasteiger partial charge in [-0.3, -0.25) is 0 Å². The Morgan fingerprint density at radius 3 is 2.48 bits per heavy atom. The summed E-state index contributed by atoms with van der Waals surface area (Å²) in [5, 5.41) is 13.3. The number of halogens is 1. The highest BCUT2D eigenvalue weighted by molar-refractivity contribution is 6.32. The summed E-state index contributed by atoms with van der Waals surface area (Å²) in [6.07, 6.45) is 8.53. The average molecular weight is 390 g/mol. The van der Waals surface area contributed by atoms with Crippen molar-refractivity contribution in [3.8, 4) is 11.7 Å². The molecule has 0 aromatic carbocycles. The van der Waals surface area contributed by atoms with Gasteiger partial charge in [-0.2, -0.15) is 0 Å². The van der Waals surface area contributed by atoms with Crippen LogP contribution in [0.15, 0.2) is 24.4 Å². The molecule has 2 aromatic heterocycles. The fourth-order valence-electron chi connectivity index (χ4n) is 4.86. The van der Waals surface area contributed by atoms with Crippen LogP contribution < -0.4 is 4.74 Å². The van der Waals surface area contributed by atoms with Crippen LogP contribution in [0.5, 0.6) is 5.88 Å². The predicted molar refractivity (Wildman–Crippen MR) is 102 cm³/mol. The molecule has 5 rings (SSSR count). The molecule has 0 saturated heterocycles. The highest BCUT2D eigenvalue weighted by atomic mass is 35.5. The molecule has 0 bridgehead atoms. The Morgan fingerprint density at radius 1 is 1.26 bits per heavy atom. The second-order valence-electron chi connectivity index (χ2n) is 7.41. The van der Waals surface area contributed by atoms with E-state index >= 15 is 0 Å². The number of nitrogens with zero attached hydrogens (tertiary/aromatic N) is 3. The maximum absolute atomic E-state index is 11.0. The lowest BCUT2D eigenvalue weighted by Gasteiger charge is -2.04. The van der Waals surface area contributed by atoms with E-state index in [2.05, 4.69) is 10.1 Å². The topological polar surface area (TPSA) is 77.2 Å². The van der Waals surface area contributed by atoms with Gasteiger partial charge in [0.15, 0.2) is 5.82 Å². The lowest BCUT2D eigenvalue weighted by molar-refractivity contribution is 0.0696. The number of ether oxygens (including phenoxy) is 1. The molecule has 0 unspecified atom stereocenters. The quantitative estimate of drug-likeness (QED) is 0.730. The molecule has 0 amide bonds. The second kappa shape index (κ2) is 6.51. The molecule has 0 atom stereocenters. The number of carboxylic acids is 1. The molecule has 3 aliphatic carbocycles. The molecule has 1 N–H and O–H groups in total. The van der Waals surface area contributed by atoms with Crippen molar-refractivity contribution in [1.29, 1.82) is 0 Å². The highest BCUT2D eigenvalue weighted by Crippen LogP contribution is 2.93. The third-order valence-electron chi connectivity index (χ3n) is 6.34. The van der Waals surface area contributed by atoms with Crippen LogP contribution in [0.1, 0.15) is 56.3 Å². The number of rotatable bonds is 6. The van der Waals surface area contributed by atoms with Crippen molar-refractivity contribution in [2.24, 2.45) is 16.7 Å². The van der Waals surface area contributed by atoms with Crippen molar-refractivity contribution in [3.63, 3.8) is 0 Å². The van der Waals surface area contributed by atoms with E-state index in [0.717, 1.165) is 12.3 Å². The zero-order valence-corrected chi connectivity index (χ0v) is 16.4. The van der Waals surface area contributed by atoms with Gasteiger partial charge in [0.05, 0.1) is 12.2 Å². The number of hydrogen-bond acceptors (Lipinski definition) is 4. The summed E-state index contributed by atoms with van der Waals surface area (Å²) < 4.78 is 7.34. The summed E-state index contributed by atoms with van der Waals surface area (Å²) in [7, 11) is 0. The maximum atomic E-state index is 11.0. The molecule has 2 spiro atoms. The van der Waals surface area contributed by atoms with Crippen molar-refractivity contribution < 1.29 is 14.6 Å². The van der Waals surface area contributed by atoms with Crippen LogP contribution in [-0.2, 0) is 0 Å². The van der Waals surface area contributed by atoms with E-state index in [1.807, 2.05) is 13.8 Å². The van der Waals surface area contributed by atoms with Gasteiger partial charge in [-0.05, 0) is 61.0 Å². The number of aromatic carboxylic acids is 1. The summed E-state index contributed by atoms with van der Waals surface area (Å²) in [6, 6.07) is 4.78. The molecule has 6 nitrogen and oxygen atoms in total. The van der Waals surface area contributed by atoms with E-state index in [1.54, 1.807) is 18.3 Å². The van der Waals surface area contributed by atoms with Crippen LogP contribution in [0, 0.1) is 16.7 Å². The number of aromatic nitrogens is 3. The molecule has 3 fully saturated rings. The predicted octanol–water partition coefficient (Wildman–Crippen LogP) is 4.60. The van der Waals surface area contributed by atoms with E-state index in [-0.39, 0.29) is 10.7 Å². The van der Waals surface area contributed by atoms with Gasteiger partial charge in [0, 0.05) is 12.3 Å². The van der Waals surface area contributed by atoms with Gasteiger partial charge in [-0.25, -0.2) is 14.5 Å². The summed E-state index contributed by atoms with van der Waals surface area (Å²) in [4.78, 5) is 15.1. The van der Waals surface area contributed by atoms with Gasteiger partial charge in [-0.15, -0.1) is 5.10 Å². The minimum atomic E-state index is -1.10. The van der Waals surface area contributed by atoms with Crippen LogP contribution in [0.4, 0.5) is 0 Å². The van der Waals surface area contributed by atoms with Crippen molar-refractivity contribution in [2.75, 3.05) is 6.61 Å². The van der Waals surface area contributed by atoms with Gasteiger partial charge in [0.25, 0.3) is 0 Å². The number of carbonyl (C=O) groups is 1. The Bertz CT molecular complexity index is 853. The van der Waals surface area contributed by atoms with E-state index in [1.165, 1.54) is 36.4 Å². The first-order chi connectivity index (χ1) is 13.1. The minimum Gasteiger partial charge on any atom is -0.478 e. The smallest absolute Gasteiger partial charge is 0.338 e. The zero-order chi connectivity index (χ0) is 19.2. The minimum absolute atomic E-state index is 0.0264. The van der Waals surface area contributed by atoms with Crippen molar-refractivity contribution in [3.05, 3.63) is 35.1 Å². The van der Waals surface area contributed by atoms with Crippen molar-refractivity contribution >= 4 is 17.6 Å². The maximum Gasteiger partial charge on any atom is 0.338 e. The molecule has 7 heteroatoms. The number of hydrogen-bond donors (Lipinski definition) is 1. The molecule has 27 heavy (non-hydrogen) atoms. The molecule has 2 aromatic rings. The van der Waals surface area contributed by atoms with Crippen LogP contribution in [-0.4, -0.2) is 32.4 Å². The SMILES string of the molecule is CC.O=C(O)c1ccc(-n2ccc(OCCC3C4(CC4)C34CC4)n2)nc1Cl. The summed E-state index contributed by atoms with van der Waals surface area (Å²) in [6.45, 7) is 4.69. The largest absolute Gasteiger partial charge is 0.478 e. The number of carboxylic acid groups (broad SMARTS) is 1. The highest BCUT2D eigenvalue weighted by Gasteiger charge is 2.85. The summed E-state index contributed by atoms with van der Waals surface area (Å²) >= 11 is 5.91. The fraction of sp³-hybridized carbons (Fsp3) is 0.550. The van der Waals surface area contributed by atoms with Crippen LogP contribution in [0.3, 0.4) is 0 Å². The van der Waals surface area contributed by atoms with Gasteiger partial charge in [0.2, 0.25) is 5.88 Å². The van der Waals surface area contributed by atoms with Gasteiger partial charge < -0.3 is 9.84 Å². The number of pyridine rings is 1. The Balaban J connectivity index is 0.000000872.